The lowest BCUT2D eigenvalue weighted by molar-refractivity contribution is -0.131. The van der Waals surface area contributed by atoms with Crippen LogP contribution in [0.25, 0.3) is 0 Å². The zero-order valence-corrected chi connectivity index (χ0v) is 7.77. The van der Waals surface area contributed by atoms with Gasteiger partial charge in [-0.2, -0.15) is 0 Å². The van der Waals surface area contributed by atoms with Crippen molar-refractivity contribution in [1.29, 1.82) is 0 Å². The minimum atomic E-state index is -0.0234. The average Bonchev–Trinajstić information content (AvgIpc) is 2.32. The quantitative estimate of drug-likeness (QED) is 0.541. The van der Waals surface area contributed by atoms with Crippen molar-refractivity contribution in [2.75, 3.05) is 26.2 Å². The molecule has 0 saturated carbocycles. The van der Waals surface area contributed by atoms with Gasteiger partial charge in [0.15, 0.2) is 0 Å². The van der Waals surface area contributed by atoms with Crippen molar-refractivity contribution in [2.24, 2.45) is 0 Å². The van der Waals surface area contributed by atoms with Crippen LogP contribution in [0.5, 0.6) is 0 Å². The van der Waals surface area contributed by atoms with Crippen LogP contribution in [-0.4, -0.2) is 37.7 Å². The van der Waals surface area contributed by atoms with Gasteiger partial charge in [0.25, 0.3) is 0 Å². The number of nitrogens with one attached hydrogen (secondary N) is 2. The largest absolute Gasteiger partial charge is 0.365 e. The molecule has 1 amide bonds. The Bertz CT molecular complexity index is 200. The summed E-state index contributed by atoms with van der Waals surface area (Å²) >= 11 is 0. The van der Waals surface area contributed by atoms with E-state index in [0.717, 1.165) is 38.9 Å². The molecule has 2 heterocycles. The van der Waals surface area contributed by atoms with Gasteiger partial charge in [-0.15, -0.1) is 0 Å². The van der Waals surface area contributed by atoms with Crippen molar-refractivity contribution >= 4 is 5.91 Å². The molecule has 13 heavy (non-hydrogen) atoms. The monoisotopic (exact) mass is 184 g/mol. The van der Waals surface area contributed by atoms with E-state index in [2.05, 4.69) is 10.6 Å². The van der Waals surface area contributed by atoms with Crippen LogP contribution in [0.15, 0.2) is 0 Å². The lowest BCUT2D eigenvalue weighted by Gasteiger charge is -2.35. The van der Waals surface area contributed by atoms with E-state index >= 15 is 0 Å². The van der Waals surface area contributed by atoms with Gasteiger partial charge in [-0.1, -0.05) is 0 Å². The molecule has 0 radical (unpaired) electrons. The Hall–Kier alpha value is -0.610. The molecule has 0 aromatic heterocycles. The fraction of sp³-hybridized carbons (Fsp3) is 0.889. The maximum Gasteiger partial charge on any atom is 0.246 e. The molecule has 0 unspecified atom stereocenters. The zero-order valence-electron chi connectivity index (χ0n) is 7.77. The van der Waals surface area contributed by atoms with Crippen LogP contribution in [0, 0.1) is 0 Å². The van der Waals surface area contributed by atoms with E-state index in [4.69, 9.17) is 4.74 Å². The number of hydrogen-bond acceptors (Lipinski definition) is 3. The summed E-state index contributed by atoms with van der Waals surface area (Å²) in [7, 11) is 0. The van der Waals surface area contributed by atoms with E-state index in [-0.39, 0.29) is 18.1 Å². The first-order valence-corrected chi connectivity index (χ1v) is 4.92. The van der Waals surface area contributed by atoms with Crippen LogP contribution in [0.3, 0.4) is 0 Å². The molecule has 2 fully saturated rings. The summed E-state index contributed by atoms with van der Waals surface area (Å²) in [4.78, 5) is 11.1. The zero-order chi connectivity index (χ0) is 9.15. The van der Waals surface area contributed by atoms with E-state index in [1.807, 2.05) is 0 Å². The molecule has 1 spiro atoms. The second-order valence-electron chi connectivity index (χ2n) is 3.82. The Labute approximate surface area is 78.0 Å². The van der Waals surface area contributed by atoms with Crippen LogP contribution >= 0.6 is 0 Å². The number of rotatable bonds is 0. The SMILES string of the molecule is O=C1COC2(CCNCC2)CCN1. The number of hydrogen-bond donors (Lipinski definition) is 2. The van der Waals surface area contributed by atoms with E-state index in [1.165, 1.54) is 0 Å². The Balaban J connectivity index is 1.99. The maximum atomic E-state index is 11.1. The minimum Gasteiger partial charge on any atom is -0.365 e. The maximum absolute atomic E-state index is 11.1. The summed E-state index contributed by atoms with van der Waals surface area (Å²) in [5, 5.41) is 6.13. The number of piperidine rings is 1. The van der Waals surface area contributed by atoms with Crippen molar-refractivity contribution < 1.29 is 9.53 Å². The third-order valence-corrected chi connectivity index (χ3v) is 2.93. The Morgan fingerprint density at radius 3 is 2.62 bits per heavy atom. The van der Waals surface area contributed by atoms with E-state index in [9.17, 15) is 4.79 Å². The molecule has 0 aromatic rings. The summed E-state index contributed by atoms with van der Waals surface area (Å²) in [5.74, 6) is 0.0235. The summed E-state index contributed by atoms with van der Waals surface area (Å²) in [6.45, 7) is 3.02. The van der Waals surface area contributed by atoms with Gasteiger partial charge in [0, 0.05) is 6.54 Å². The predicted molar refractivity (Wildman–Crippen MR) is 48.4 cm³/mol. The number of ether oxygens (including phenoxy) is 1. The topological polar surface area (TPSA) is 50.4 Å². The molecule has 0 bridgehead atoms. The Morgan fingerprint density at radius 2 is 1.85 bits per heavy atom. The molecule has 0 atom stereocenters. The van der Waals surface area contributed by atoms with E-state index in [0.29, 0.717) is 0 Å². The van der Waals surface area contributed by atoms with Crippen LogP contribution in [0.2, 0.25) is 0 Å². The normalized spacial score (nSPS) is 28.2. The molecular weight excluding hydrogens is 168 g/mol. The molecule has 4 nitrogen and oxygen atoms in total. The van der Waals surface area contributed by atoms with Gasteiger partial charge >= 0.3 is 0 Å². The molecular formula is C9H16N2O2. The standard InChI is InChI=1S/C9H16N2O2/c12-8-7-13-9(3-6-11-8)1-4-10-5-2-9/h10H,1-7H2,(H,11,12). The second kappa shape index (κ2) is 3.64. The minimum absolute atomic E-state index is 0.0234. The number of carbonyl (C=O) groups is 1. The highest BCUT2D eigenvalue weighted by Gasteiger charge is 2.34. The fourth-order valence-electron chi connectivity index (χ4n) is 2.05. The van der Waals surface area contributed by atoms with Crippen LogP contribution in [0.1, 0.15) is 19.3 Å². The number of carbonyl (C=O) groups excluding carboxylic acids is 1. The molecule has 4 heteroatoms. The molecule has 2 aliphatic rings. The molecule has 2 saturated heterocycles. The van der Waals surface area contributed by atoms with Crippen molar-refractivity contribution in [2.45, 2.75) is 24.9 Å². The third kappa shape index (κ3) is 2.00. The first-order valence-electron chi connectivity index (χ1n) is 4.92. The van der Waals surface area contributed by atoms with Gasteiger partial charge in [-0.3, -0.25) is 4.79 Å². The van der Waals surface area contributed by atoms with Crippen LogP contribution < -0.4 is 10.6 Å². The summed E-state index contributed by atoms with van der Waals surface area (Å²) in [6.07, 6.45) is 3.02. The van der Waals surface area contributed by atoms with E-state index in [1.54, 1.807) is 0 Å². The van der Waals surface area contributed by atoms with Crippen LogP contribution in [0.4, 0.5) is 0 Å². The molecule has 2 rings (SSSR count). The molecule has 2 N–H and O–H groups in total. The first kappa shape index (κ1) is 8.97. The van der Waals surface area contributed by atoms with E-state index < -0.39 is 0 Å². The van der Waals surface area contributed by atoms with Gasteiger partial charge < -0.3 is 15.4 Å². The highest BCUT2D eigenvalue weighted by atomic mass is 16.5. The van der Waals surface area contributed by atoms with Gasteiger partial charge in [0.1, 0.15) is 6.61 Å². The highest BCUT2D eigenvalue weighted by Crippen LogP contribution is 2.27. The fourth-order valence-corrected chi connectivity index (χ4v) is 2.05. The Morgan fingerprint density at radius 1 is 1.15 bits per heavy atom. The van der Waals surface area contributed by atoms with Crippen molar-refractivity contribution in [3.63, 3.8) is 0 Å². The molecule has 74 valence electrons. The van der Waals surface area contributed by atoms with Gasteiger partial charge in [0.2, 0.25) is 5.91 Å². The lowest BCUT2D eigenvalue weighted by Crippen LogP contribution is -2.44. The van der Waals surface area contributed by atoms with Gasteiger partial charge in [-0.25, -0.2) is 0 Å². The Kier molecular flexibility index (Phi) is 2.51. The molecule has 2 aliphatic heterocycles. The summed E-state index contributed by atoms with van der Waals surface area (Å²) < 4.78 is 5.69. The first-order chi connectivity index (χ1) is 6.31. The summed E-state index contributed by atoms with van der Waals surface area (Å²) in [5.41, 5.74) is -0.0234. The van der Waals surface area contributed by atoms with Crippen LogP contribution in [-0.2, 0) is 9.53 Å². The lowest BCUT2D eigenvalue weighted by atomic mass is 9.89. The van der Waals surface area contributed by atoms with Crippen molar-refractivity contribution in [3.05, 3.63) is 0 Å². The van der Waals surface area contributed by atoms with Gasteiger partial charge in [0.05, 0.1) is 5.60 Å². The smallest absolute Gasteiger partial charge is 0.246 e. The van der Waals surface area contributed by atoms with Crippen molar-refractivity contribution in [3.8, 4) is 0 Å². The predicted octanol–water partition coefficient (Wildman–Crippen LogP) is -0.355. The molecule has 0 aliphatic carbocycles. The molecule has 0 aromatic carbocycles. The van der Waals surface area contributed by atoms with Crippen molar-refractivity contribution in [1.82, 2.24) is 10.6 Å². The highest BCUT2D eigenvalue weighted by molar-refractivity contribution is 5.77. The summed E-state index contributed by atoms with van der Waals surface area (Å²) in [6, 6.07) is 0. The average molecular weight is 184 g/mol. The van der Waals surface area contributed by atoms with Gasteiger partial charge in [-0.05, 0) is 32.4 Å². The second-order valence-corrected chi connectivity index (χ2v) is 3.82. The number of amides is 1. The third-order valence-electron chi connectivity index (χ3n) is 2.93.